The maximum absolute atomic E-state index is 12.4. The van der Waals surface area contributed by atoms with Crippen LogP contribution in [0, 0.1) is 5.92 Å². The lowest BCUT2D eigenvalue weighted by atomic mass is 9.92. The first-order chi connectivity index (χ1) is 9.38. The van der Waals surface area contributed by atoms with Gasteiger partial charge in [0.2, 0.25) is 0 Å². The Kier molecular flexibility index (Phi) is 4.97. The van der Waals surface area contributed by atoms with Gasteiger partial charge in [0.05, 0.1) is 6.54 Å². The molecule has 2 unspecified atom stereocenters. The van der Waals surface area contributed by atoms with E-state index in [0.717, 1.165) is 18.8 Å². The molecule has 2 N–H and O–H groups in total. The van der Waals surface area contributed by atoms with Crippen molar-refractivity contribution in [3.05, 3.63) is 0 Å². The van der Waals surface area contributed by atoms with Crippen molar-refractivity contribution in [2.24, 2.45) is 11.7 Å². The zero-order valence-electron chi connectivity index (χ0n) is 12.3. The lowest BCUT2D eigenvalue weighted by molar-refractivity contribution is -0.151. The van der Waals surface area contributed by atoms with Gasteiger partial charge in [-0.15, -0.1) is 0 Å². The van der Waals surface area contributed by atoms with E-state index in [1.165, 1.54) is 17.7 Å². The van der Waals surface area contributed by atoms with E-state index < -0.39 is 12.7 Å². The standard InChI is InChI=1S/C14H26F3N3/c1-2-12-3-4-13(9-12,10-18)20-7-5-19(6-8-20)11-14(15,16)17/h12H,2-11,18H2,1H3. The minimum Gasteiger partial charge on any atom is -0.329 e. The zero-order chi connectivity index (χ0) is 14.8. The van der Waals surface area contributed by atoms with Gasteiger partial charge in [-0.05, 0) is 25.2 Å². The van der Waals surface area contributed by atoms with Crippen LogP contribution in [0.2, 0.25) is 0 Å². The molecule has 0 spiro atoms. The Bertz CT molecular complexity index is 313. The van der Waals surface area contributed by atoms with Gasteiger partial charge in [-0.3, -0.25) is 9.80 Å². The van der Waals surface area contributed by atoms with Gasteiger partial charge in [-0.1, -0.05) is 13.3 Å². The summed E-state index contributed by atoms with van der Waals surface area (Å²) < 4.78 is 37.2. The highest BCUT2D eigenvalue weighted by Crippen LogP contribution is 2.40. The van der Waals surface area contributed by atoms with Gasteiger partial charge in [0.25, 0.3) is 0 Å². The molecule has 2 aliphatic rings. The fourth-order valence-corrected chi connectivity index (χ4v) is 3.80. The number of alkyl halides is 3. The summed E-state index contributed by atoms with van der Waals surface area (Å²) in [6, 6.07) is 0. The summed E-state index contributed by atoms with van der Waals surface area (Å²) in [5.74, 6) is 0.728. The lowest BCUT2D eigenvalue weighted by Gasteiger charge is -2.46. The molecule has 3 nitrogen and oxygen atoms in total. The third kappa shape index (κ3) is 3.65. The molecule has 0 aromatic heterocycles. The van der Waals surface area contributed by atoms with Crippen LogP contribution >= 0.6 is 0 Å². The topological polar surface area (TPSA) is 32.5 Å². The molecule has 0 aromatic rings. The summed E-state index contributed by atoms with van der Waals surface area (Å²) in [5.41, 5.74) is 6.06. The predicted molar refractivity (Wildman–Crippen MR) is 73.5 cm³/mol. The third-order valence-corrected chi connectivity index (χ3v) is 5.09. The SMILES string of the molecule is CCC1CCC(CN)(N2CCN(CC(F)(F)F)CC2)C1. The molecular weight excluding hydrogens is 267 g/mol. The summed E-state index contributed by atoms with van der Waals surface area (Å²) in [7, 11) is 0. The van der Waals surface area contributed by atoms with E-state index in [4.69, 9.17) is 5.73 Å². The van der Waals surface area contributed by atoms with Crippen LogP contribution < -0.4 is 5.73 Å². The molecule has 1 aliphatic heterocycles. The highest BCUT2D eigenvalue weighted by atomic mass is 19.4. The first-order valence-corrected chi connectivity index (χ1v) is 7.63. The molecule has 1 aliphatic carbocycles. The molecule has 2 fully saturated rings. The Morgan fingerprint density at radius 2 is 1.85 bits per heavy atom. The van der Waals surface area contributed by atoms with E-state index in [1.54, 1.807) is 0 Å². The summed E-state index contributed by atoms with van der Waals surface area (Å²) in [6.07, 6.45) is 0.501. The van der Waals surface area contributed by atoms with Crippen LogP contribution in [0.15, 0.2) is 0 Å². The van der Waals surface area contributed by atoms with Crippen molar-refractivity contribution >= 4 is 0 Å². The first kappa shape index (κ1) is 16.0. The van der Waals surface area contributed by atoms with Gasteiger partial charge >= 0.3 is 6.18 Å². The Labute approximate surface area is 119 Å². The number of rotatable bonds is 4. The maximum Gasteiger partial charge on any atom is 0.401 e. The molecule has 1 saturated heterocycles. The van der Waals surface area contributed by atoms with Crippen LogP contribution in [0.4, 0.5) is 13.2 Å². The molecule has 0 amide bonds. The Morgan fingerprint density at radius 3 is 2.30 bits per heavy atom. The minimum absolute atomic E-state index is 0.0466. The minimum atomic E-state index is -4.09. The molecule has 20 heavy (non-hydrogen) atoms. The molecule has 2 rings (SSSR count). The van der Waals surface area contributed by atoms with Gasteiger partial charge in [-0.25, -0.2) is 0 Å². The van der Waals surface area contributed by atoms with Crippen LogP contribution in [-0.2, 0) is 0 Å². The largest absolute Gasteiger partial charge is 0.401 e. The number of halogens is 3. The van der Waals surface area contributed by atoms with Crippen LogP contribution in [0.5, 0.6) is 0 Å². The van der Waals surface area contributed by atoms with Crippen LogP contribution in [0.25, 0.3) is 0 Å². The number of piperazine rings is 1. The van der Waals surface area contributed by atoms with Crippen molar-refractivity contribution in [3.8, 4) is 0 Å². The molecule has 2 atom stereocenters. The molecule has 6 heteroatoms. The van der Waals surface area contributed by atoms with Crippen LogP contribution in [0.3, 0.4) is 0 Å². The molecule has 0 aromatic carbocycles. The number of nitrogens with zero attached hydrogens (tertiary/aromatic N) is 2. The van der Waals surface area contributed by atoms with E-state index in [9.17, 15) is 13.2 Å². The average molecular weight is 293 g/mol. The summed E-state index contributed by atoms with van der Waals surface area (Å²) in [6.45, 7) is 4.47. The van der Waals surface area contributed by atoms with E-state index >= 15 is 0 Å². The molecule has 0 radical (unpaired) electrons. The smallest absolute Gasteiger partial charge is 0.329 e. The summed E-state index contributed by atoms with van der Waals surface area (Å²) in [5, 5.41) is 0. The second-order valence-electron chi connectivity index (χ2n) is 6.32. The van der Waals surface area contributed by atoms with Crippen molar-refractivity contribution in [1.29, 1.82) is 0 Å². The highest BCUT2D eigenvalue weighted by Gasteiger charge is 2.43. The van der Waals surface area contributed by atoms with Crippen molar-refractivity contribution in [2.75, 3.05) is 39.3 Å². The van der Waals surface area contributed by atoms with Crippen molar-refractivity contribution in [3.63, 3.8) is 0 Å². The zero-order valence-corrected chi connectivity index (χ0v) is 12.3. The van der Waals surface area contributed by atoms with E-state index in [2.05, 4.69) is 11.8 Å². The van der Waals surface area contributed by atoms with Gasteiger partial charge in [-0.2, -0.15) is 13.2 Å². The predicted octanol–water partition coefficient (Wildman–Crippen LogP) is 2.07. The average Bonchev–Trinajstić information content (AvgIpc) is 2.82. The number of nitrogens with two attached hydrogens (primary N) is 1. The number of hydrogen-bond donors (Lipinski definition) is 1. The Balaban J connectivity index is 1.89. The van der Waals surface area contributed by atoms with Crippen molar-refractivity contribution in [1.82, 2.24) is 9.80 Å². The van der Waals surface area contributed by atoms with Crippen LogP contribution in [-0.4, -0.2) is 60.8 Å². The monoisotopic (exact) mass is 293 g/mol. The van der Waals surface area contributed by atoms with Gasteiger partial charge in [0.15, 0.2) is 0 Å². The molecular formula is C14H26F3N3. The van der Waals surface area contributed by atoms with Crippen molar-refractivity contribution < 1.29 is 13.2 Å². The third-order valence-electron chi connectivity index (χ3n) is 5.09. The van der Waals surface area contributed by atoms with Crippen molar-refractivity contribution in [2.45, 2.75) is 44.3 Å². The quantitative estimate of drug-likeness (QED) is 0.861. The lowest BCUT2D eigenvalue weighted by Crippen LogP contribution is -2.59. The summed E-state index contributed by atoms with van der Waals surface area (Å²) in [4.78, 5) is 3.86. The van der Waals surface area contributed by atoms with E-state index in [-0.39, 0.29) is 5.54 Å². The van der Waals surface area contributed by atoms with E-state index in [0.29, 0.717) is 32.7 Å². The van der Waals surface area contributed by atoms with E-state index in [1.807, 2.05) is 0 Å². The fraction of sp³-hybridized carbons (Fsp3) is 1.00. The van der Waals surface area contributed by atoms with Crippen LogP contribution in [0.1, 0.15) is 32.6 Å². The molecule has 118 valence electrons. The fourth-order valence-electron chi connectivity index (χ4n) is 3.80. The Morgan fingerprint density at radius 1 is 1.20 bits per heavy atom. The molecule has 1 saturated carbocycles. The normalized spacial score (nSPS) is 33.8. The molecule has 0 bridgehead atoms. The second-order valence-corrected chi connectivity index (χ2v) is 6.32. The second kappa shape index (κ2) is 6.20. The van der Waals surface area contributed by atoms with Gasteiger partial charge in [0, 0.05) is 38.3 Å². The first-order valence-electron chi connectivity index (χ1n) is 7.63. The Hall–Kier alpha value is -0.330. The highest BCUT2D eigenvalue weighted by molar-refractivity contribution is 5.00. The van der Waals surface area contributed by atoms with Gasteiger partial charge < -0.3 is 5.73 Å². The number of hydrogen-bond acceptors (Lipinski definition) is 3. The van der Waals surface area contributed by atoms with Gasteiger partial charge in [0.1, 0.15) is 0 Å². The molecule has 1 heterocycles. The maximum atomic E-state index is 12.4. The summed E-state index contributed by atoms with van der Waals surface area (Å²) >= 11 is 0.